The van der Waals surface area contributed by atoms with Crippen LogP contribution >= 0.6 is 11.6 Å². The summed E-state index contributed by atoms with van der Waals surface area (Å²) in [5.41, 5.74) is 7.36. The summed E-state index contributed by atoms with van der Waals surface area (Å²) in [5.74, 6) is 2.03. The zero-order valence-electron chi connectivity index (χ0n) is 15.0. The lowest BCUT2D eigenvalue weighted by Crippen LogP contribution is -2.41. The fourth-order valence-corrected chi connectivity index (χ4v) is 3.44. The highest BCUT2D eigenvalue weighted by Gasteiger charge is 2.40. The maximum atomic E-state index is 9.95. The molecule has 1 aliphatic heterocycles. The molecule has 3 rings (SSSR count). The van der Waals surface area contributed by atoms with E-state index in [0.29, 0.717) is 24.8 Å². The summed E-state index contributed by atoms with van der Waals surface area (Å²) in [6, 6.07) is 7.69. The number of aliphatic hydroxyl groups is 1. The number of fused-ring (bicyclic) bond motifs is 3. The van der Waals surface area contributed by atoms with Crippen molar-refractivity contribution in [3.05, 3.63) is 42.2 Å². The van der Waals surface area contributed by atoms with Crippen LogP contribution in [0.2, 0.25) is 0 Å². The van der Waals surface area contributed by atoms with Gasteiger partial charge in [-0.3, -0.25) is 4.98 Å². The van der Waals surface area contributed by atoms with Gasteiger partial charge in [0, 0.05) is 29.6 Å². The summed E-state index contributed by atoms with van der Waals surface area (Å²) in [5, 5.41) is 9.95. The van der Waals surface area contributed by atoms with Gasteiger partial charge in [-0.2, -0.15) is 0 Å². The first-order chi connectivity index (χ1) is 12.6. The van der Waals surface area contributed by atoms with Crippen LogP contribution in [0.3, 0.4) is 0 Å². The number of hydrogen-bond donors (Lipinski definition) is 2. The van der Waals surface area contributed by atoms with E-state index in [0.717, 1.165) is 35.3 Å². The highest BCUT2D eigenvalue weighted by molar-refractivity contribution is 6.18. The molecular formula is C20H25ClN2O3. The quantitative estimate of drug-likeness (QED) is 0.546. The largest absolute Gasteiger partial charge is 0.493 e. The van der Waals surface area contributed by atoms with Gasteiger partial charge in [0.05, 0.1) is 19.1 Å². The van der Waals surface area contributed by atoms with Crippen LogP contribution in [0.1, 0.15) is 25.3 Å². The standard InChI is InChI=1S/C20H25ClN2O3/c1-14(10-22)3-2-8-25-15-4-5-17-16-6-7-23-11-18(16)20(12-21,13-24)26-19(17)9-15/h4-7,9,11,14,24H,2-3,8,10,12-13,22H2,1H3. The average Bonchev–Trinajstić information content (AvgIpc) is 2.70. The van der Waals surface area contributed by atoms with Crippen molar-refractivity contribution in [2.45, 2.75) is 25.4 Å². The van der Waals surface area contributed by atoms with Crippen molar-refractivity contribution in [2.75, 3.05) is 25.6 Å². The van der Waals surface area contributed by atoms with Gasteiger partial charge >= 0.3 is 0 Å². The lowest BCUT2D eigenvalue weighted by atomic mass is 9.87. The molecule has 26 heavy (non-hydrogen) atoms. The number of aromatic nitrogens is 1. The van der Waals surface area contributed by atoms with Crippen molar-refractivity contribution in [1.29, 1.82) is 0 Å². The summed E-state index contributed by atoms with van der Waals surface area (Å²) in [7, 11) is 0. The minimum absolute atomic E-state index is 0.129. The number of nitrogens with zero attached hydrogens (tertiary/aromatic N) is 1. The van der Waals surface area contributed by atoms with Crippen LogP contribution in [0.4, 0.5) is 0 Å². The molecule has 5 nitrogen and oxygen atoms in total. The molecule has 0 radical (unpaired) electrons. The second kappa shape index (κ2) is 8.25. The highest BCUT2D eigenvalue weighted by Crippen LogP contribution is 2.46. The van der Waals surface area contributed by atoms with Crippen LogP contribution in [-0.2, 0) is 5.60 Å². The summed E-state index contributed by atoms with van der Waals surface area (Å²) in [6.45, 7) is 3.24. The van der Waals surface area contributed by atoms with Gasteiger partial charge in [-0.1, -0.05) is 6.92 Å². The Balaban J connectivity index is 1.82. The Morgan fingerprint density at radius 2 is 2.19 bits per heavy atom. The summed E-state index contributed by atoms with van der Waals surface area (Å²) in [6.07, 6.45) is 5.43. The van der Waals surface area contributed by atoms with Crippen LogP contribution in [0.25, 0.3) is 11.1 Å². The number of alkyl halides is 1. The smallest absolute Gasteiger partial charge is 0.172 e. The van der Waals surface area contributed by atoms with Gasteiger partial charge in [0.25, 0.3) is 0 Å². The molecule has 140 valence electrons. The van der Waals surface area contributed by atoms with Gasteiger partial charge in [0.15, 0.2) is 5.60 Å². The molecule has 0 aliphatic carbocycles. The number of rotatable bonds is 8. The Bertz CT molecular complexity index is 750. The number of benzene rings is 1. The van der Waals surface area contributed by atoms with Crippen molar-refractivity contribution < 1.29 is 14.6 Å². The molecule has 1 aromatic carbocycles. The number of aliphatic hydroxyl groups excluding tert-OH is 1. The van der Waals surface area contributed by atoms with Crippen molar-refractivity contribution >= 4 is 11.6 Å². The molecule has 2 unspecified atom stereocenters. The molecule has 0 bridgehead atoms. The van der Waals surface area contributed by atoms with Crippen molar-refractivity contribution in [1.82, 2.24) is 4.98 Å². The Hall–Kier alpha value is -1.82. The molecule has 0 spiro atoms. The third kappa shape index (κ3) is 3.65. The Morgan fingerprint density at radius 1 is 1.35 bits per heavy atom. The molecule has 6 heteroatoms. The van der Waals surface area contributed by atoms with Crippen LogP contribution < -0.4 is 15.2 Å². The van der Waals surface area contributed by atoms with Gasteiger partial charge in [-0.05, 0) is 49.1 Å². The molecule has 0 saturated heterocycles. The van der Waals surface area contributed by atoms with Gasteiger partial charge in [-0.15, -0.1) is 11.6 Å². The molecule has 2 heterocycles. The number of pyridine rings is 1. The number of ether oxygens (including phenoxy) is 2. The first-order valence-corrected chi connectivity index (χ1v) is 9.44. The lowest BCUT2D eigenvalue weighted by Gasteiger charge is -2.37. The van der Waals surface area contributed by atoms with Crippen LogP contribution in [0, 0.1) is 5.92 Å². The Kier molecular flexibility index (Phi) is 6.01. The minimum Gasteiger partial charge on any atom is -0.493 e. The third-order valence-electron chi connectivity index (χ3n) is 4.84. The highest BCUT2D eigenvalue weighted by atomic mass is 35.5. The predicted molar refractivity (Wildman–Crippen MR) is 103 cm³/mol. The van der Waals surface area contributed by atoms with Crippen molar-refractivity contribution in [3.8, 4) is 22.6 Å². The van der Waals surface area contributed by atoms with Crippen LogP contribution in [-0.4, -0.2) is 35.7 Å². The third-order valence-corrected chi connectivity index (χ3v) is 5.28. The molecular weight excluding hydrogens is 352 g/mol. The first-order valence-electron chi connectivity index (χ1n) is 8.91. The van der Waals surface area contributed by atoms with Gasteiger partial charge in [0.1, 0.15) is 11.5 Å². The summed E-state index contributed by atoms with van der Waals surface area (Å²) in [4.78, 5) is 4.17. The summed E-state index contributed by atoms with van der Waals surface area (Å²) < 4.78 is 12.0. The number of halogens is 1. The zero-order chi connectivity index (χ0) is 18.6. The van der Waals surface area contributed by atoms with E-state index in [2.05, 4.69) is 11.9 Å². The van der Waals surface area contributed by atoms with Crippen molar-refractivity contribution in [2.24, 2.45) is 11.7 Å². The topological polar surface area (TPSA) is 77.6 Å². The van der Waals surface area contributed by atoms with Gasteiger partial charge in [0.2, 0.25) is 0 Å². The van der Waals surface area contributed by atoms with E-state index >= 15 is 0 Å². The Morgan fingerprint density at radius 3 is 2.92 bits per heavy atom. The SMILES string of the molecule is CC(CN)CCCOc1ccc2c(c1)OC(CO)(CCl)c1cnccc1-2. The van der Waals surface area contributed by atoms with Gasteiger partial charge in [-0.25, -0.2) is 0 Å². The van der Waals surface area contributed by atoms with E-state index in [-0.39, 0.29) is 12.5 Å². The maximum absolute atomic E-state index is 9.95. The van der Waals surface area contributed by atoms with Gasteiger partial charge < -0.3 is 20.3 Å². The second-order valence-electron chi connectivity index (χ2n) is 6.80. The predicted octanol–water partition coefficient (Wildman–Crippen LogP) is 3.32. The average molecular weight is 377 g/mol. The minimum atomic E-state index is -0.993. The Labute approximate surface area is 159 Å². The molecule has 1 aromatic heterocycles. The van der Waals surface area contributed by atoms with E-state index < -0.39 is 5.60 Å². The molecule has 3 N–H and O–H groups in total. The first kappa shape index (κ1) is 19.0. The lowest BCUT2D eigenvalue weighted by molar-refractivity contribution is 0.0222. The van der Waals surface area contributed by atoms with Crippen LogP contribution in [0.5, 0.6) is 11.5 Å². The zero-order valence-corrected chi connectivity index (χ0v) is 15.7. The van der Waals surface area contributed by atoms with Crippen LogP contribution in [0.15, 0.2) is 36.7 Å². The van der Waals surface area contributed by atoms with Crippen molar-refractivity contribution in [3.63, 3.8) is 0 Å². The van der Waals surface area contributed by atoms with E-state index in [4.69, 9.17) is 26.8 Å². The molecule has 0 fully saturated rings. The van der Waals surface area contributed by atoms with E-state index in [1.807, 2.05) is 24.3 Å². The fourth-order valence-electron chi connectivity index (χ4n) is 3.16. The molecule has 0 saturated carbocycles. The monoisotopic (exact) mass is 376 g/mol. The van der Waals surface area contributed by atoms with E-state index in [1.54, 1.807) is 12.4 Å². The molecule has 1 aliphatic rings. The normalized spacial score (nSPS) is 19.2. The van der Waals surface area contributed by atoms with E-state index in [9.17, 15) is 5.11 Å². The fraction of sp³-hybridized carbons (Fsp3) is 0.450. The number of nitrogens with two attached hydrogens (primary N) is 1. The molecule has 0 amide bonds. The molecule has 2 aromatic rings. The number of hydrogen-bond acceptors (Lipinski definition) is 5. The summed E-state index contributed by atoms with van der Waals surface area (Å²) >= 11 is 6.16. The van der Waals surface area contributed by atoms with E-state index in [1.165, 1.54) is 0 Å². The molecule has 2 atom stereocenters. The second-order valence-corrected chi connectivity index (χ2v) is 7.07. The maximum Gasteiger partial charge on any atom is 0.172 e.